The Morgan fingerprint density at radius 3 is 2.46 bits per heavy atom. The number of sulfonamides is 1. The second-order valence-corrected chi connectivity index (χ2v) is 8.97. The monoisotopic (exact) mass is 352 g/mol. The number of aryl methyl sites for hydroxylation is 3. The smallest absolute Gasteiger partial charge is 0.224 e. The van der Waals surface area contributed by atoms with E-state index in [1.807, 2.05) is 6.92 Å². The van der Waals surface area contributed by atoms with Gasteiger partial charge in [-0.25, -0.2) is 12.7 Å². The summed E-state index contributed by atoms with van der Waals surface area (Å²) in [6.45, 7) is 8.97. The number of nitrogens with one attached hydrogen (secondary N) is 1. The summed E-state index contributed by atoms with van der Waals surface area (Å²) in [5.74, 6) is -0.337. The first-order chi connectivity index (χ1) is 11.1. The molecule has 1 N–H and O–H groups in total. The van der Waals surface area contributed by atoms with Crippen LogP contribution < -0.4 is 5.32 Å². The number of amides is 1. The predicted octanol–water partition coefficient (Wildman–Crippen LogP) is 2.46. The second-order valence-electron chi connectivity index (χ2n) is 6.98. The molecule has 1 aromatic rings. The zero-order valence-corrected chi connectivity index (χ0v) is 16.0. The van der Waals surface area contributed by atoms with Crippen LogP contribution in [0.1, 0.15) is 48.1 Å². The van der Waals surface area contributed by atoms with Gasteiger partial charge in [-0.15, -0.1) is 0 Å². The fourth-order valence-corrected chi connectivity index (χ4v) is 4.23. The molecule has 6 heteroatoms. The number of rotatable bonds is 4. The van der Waals surface area contributed by atoms with Crippen LogP contribution >= 0.6 is 0 Å². The molecular formula is C18H28N2O3S. The van der Waals surface area contributed by atoms with Crippen LogP contribution in [0, 0.1) is 26.7 Å². The zero-order chi connectivity index (χ0) is 18.1. The lowest BCUT2D eigenvalue weighted by Gasteiger charge is -2.31. The van der Waals surface area contributed by atoms with Crippen LogP contribution in [0.25, 0.3) is 0 Å². The molecule has 5 nitrogen and oxygen atoms in total. The van der Waals surface area contributed by atoms with Gasteiger partial charge in [0.15, 0.2) is 0 Å². The quantitative estimate of drug-likeness (QED) is 0.905. The van der Waals surface area contributed by atoms with Crippen LogP contribution in [0.5, 0.6) is 0 Å². The summed E-state index contributed by atoms with van der Waals surface area (Å²) in [7, 11) is -3.24. The normalized spacial score (nSPS) is 20.6. The van der Waals surface area contributed by atoms with Crippen molar-refractivity contribution in [2.75, 3.05) is 19.3 Å². The third-order valence-electron chi connectivity index (χ3n) is 4.93. The van der Waals surface area contributed by atoms with E-state index in [0.29, 0.717) is 6.54 Å². The molecule has 0 radical (unpaired) electrons. The SMILES string of the molecule is Cc1cc(C)c(C(C)NC(=O)C2CCCN(S(C)(=O)=O)C2)cc1C. The maximum Gasteiger partial charge on any atom is 0.224 e. The van der Waals surface area contributed by atoms with Crippen molar-refractivity contribution < 1.29 is 13.2 Å². The zero-order valence-electron chi connectivity index (χ0n) is 15.2. The molecule has 0 aromatic heterocycles. The lowest BCUT2D eigenvalue weighted by atomic mass is 9.95. The molecule has 0 saturated carbocycles. The number of nitrogens with zero attached hydrogens (tertiary/aromatic N) is 1. The van der Waals surface area contributed by atoms with Crippen molar-refractivity contribution in [2.24, 2.45) is 5.92 Å². The molecule has 1 aliphatic heterocycles. The first-order valence-electron chi connectivity index (χ1n) is 8.43. The summed E-state index contributed by atoms with van der Waals surface area (Å²) < 4.78 is 24.8. The van der Waals surface area contributed by atoms with Gasteiger partial charge in [0.05, 0.1) is 18.2 Å². The Balaban J connectivity index is 2.08. The molecule has 134 valence electrons. The molecule has 1 fully saturated rings. The van der Waals surface area contributed by atoms with E-state index in [9.17, 15) is 13.2 Å². The van der Waals surface area contributed by atoms with Crippen LogP contribution in [0.4, 0.5) is 0 Å². The first-order valence-corrected chi connectivity index (χ1v) is 10.3. The Bertz CT molecular complexity index is 728. The first kappa shape index (κ1) is 18.9. The average Bonchev–Trinajstić information content (AvgIpc) is 2.50. The highest BCUT2D eigenvalue weighted by Gasteiger charge is 2.30. The molecule has 0 bridgehead atoms. The molecule has 2 atom stereocenters. The Hall–Kier alpha value is -1.40. The second kappa shape index (κ2) is 7.23. The largest absolute Gasteiger partial charge is 0.349 e. The van der Waals surface area contributed by atoms with Gasteiger partial charge in [-0.2, -0.15) is 0 Å². The molecule has 0 spiro atoms. The molecule has 0 aliphatic carbocycles. The maximum atomic E-state index is 12.6. The number of hydrogen-bond acceptors (Lipinski definition) is 3. The van der Waals surface area contributed by atoms with Crippen molar-refractivity contribution in [1.82, 2.24) is 9.62 Å². The summed E-state index contributed by atoms with van der Waals surface area (Å²) in [5, 5.41) is 3.06. The van der Waals surface area contributed by atoms with Crippen molar-refractivity contribution in [3.05, 3.63) is 34.4 Å². The lowest BCUT2D eigenvalue weighted by Crippen LogP contribution is -2.45. The van der Waals surface area contributed by atoms with Crippen molar-refractivity contribution in [1.29, 1.82) is 0 Å². The van der Waals surface area contributed by atoms with Gasteiger partial charge in [-0.05, 0) is 62.8 Å². The van der Waals surface area contributed by atoms with Gasteiger partial charge in [-0.3, -0.25) is 4.79 Å². The highest BCUT2D eigenvalue weighted by atomic mass is 32.2. The molecule has 1 saturated heterocycles. The van der Waals surface area contributed by atoms with Gasteiger partial charge in [0, 0.05) is 13.1 Å². The number of benzene rings is 1. The van der Waals surface area contributed by atoms with Crippen molar-refractivity contribution in [3.8, 4) is 0 Å². The van der Waals surface area contributed by atoms with E-state index < -0.39 is 10.0 Å². The molecule has 1 amide bonds. The standard InChI is InChI=1S/C18H28N2O3S/c1-12-9-14(3)17(10-13(12)2)15(4)19-18(21)16-7-6-8-20(11-16)24(5,22)23/h9-10,15-16H,6-8,11H2,1-5H3,(H,19,21). The summed E-state index contributed by atoms with van der Waals surface area (Å²) in [4.78, 5) is 12.6. The van der Waals surface area contributed by atoms with Gasteiger partial charge in [-0.1, -0.05) is 12.1 Å². The summed E-state index contributed by atoms with van der Waals surface area (Å²) >= 11 is 0. The van der Waals surface area contributed by atoms with E-state index in [1.54, 1.807) is 0 Å². The minimum absolute atomic E-state index is 0.0616. The molecule has 24 heavy (non-hydrogen) atoms. The Morgan fingerprint density at radius 1 is 1.21 bits per heavy atom. The van der Waals surface area contributed by atoms with Crippen LogP contribution in [-0.4, -0.2) is 38.0 Å². The summed E-state index contributed by atoms with van der Waals surface area (Å²) in [6, 6.07) is 4.17. The van der Waals surface area contributed by atoms with Crippen LogP contribution in [0.2, 0.25) is 0 Å². The van der Waals surface area contributed by atoms with Crippen molar-refractivity contribution >= 4 is 15.9 Å². The van der Waals surface area contributed by atoms with Crippen molar-refractivity contribution in [2.45, 2.75) is 46.6 Å². The molecule has 1 heterocycles. The Labute approximate surface area is 145 Å². The fraction of sp³-hybridized carbons (Fsp3) is 0.611. The average molecular weight is 353 g/mol. The van der Waals surface area contributed by atoms with E-state index in [-0.39, 0.29) is 24.4 Å². The third kappa shape index (κ3) is 4.36. The lowest BCUT2D eigenvalue weighted by molar-refractivity contribution is -0.126. The Morgan fingerprint density at radius 2 is 1.83 bits per heavy atom. The molecule has 2 unspecified atom stereocenters. The van der Waals surface area contributed by atoms with Crippen LogP contribution in [-0.2, 0) is 14.8 Å². The summed E-state index contributed by atoms with van der Waals surface area (Å²) in [6.07, 6.45) is 2.66. The topological polar surface area (TPSA) is 66.5 Å². The van der Waals surface area contributed by atoms with E-state index >= 15 is 0 Å². The number of hydrogen-bond donors (Lipinski definition) is 1. The van der Waals surface area contributed by atoms with Gasteiger partial charge in [0.1, 0.15) is 0 Å². The molecular weight excluding hydrogens is 324 g/mol. The van der Waals surface area contributed by atoms with E-state index in [1.165, 1.54) is 21.7 Å². The minimum Gasteiger partial charge on any atom is -0.349 e. The van der Waals surface area contributed by atoms with Gasteiger partial charge in [0.2, 0.25) is 15.9 Å². The van der Waals surface area contributed by atoms with Crippen LogP contribution in [0.15, 0.2) is 12.1 Å². The molecule has 1 aromatic carbocycles. The van der Waals surface area contributed by atoms with Gasteiger partial charge >= 0.3 is 0 Å². The van der Waals surface area contributed by atoms with Gasteiger partial charge < -0.3 is 5.32 Å². The third-order valence-corrected chi connectivity index (χ3v) is 6.20. The van der Waals surface area contributed by atoms with E-state index in [4.69, 9.17) is 0 Å². The van der Waals surface area contributed by atoms with Crippen molar-refractivity contribution in [3.63, 3.8) is 0 Å². The van der Waals surface area contributed by atoms with E-state index in [2.05, 4.69) is 38.2 Å². The maximum absolute atomic E-state index is 12.6. The minimum atomic E-state index is -3.24. The van der Waals surface area contributed by atoms with E-state index in [0.717, 1.165) is 24.0 Å². The number of piperidine rings is 1. The highest BCUT2D eigenvalue weighted by molar-refractivity contribution is 7.88. The Kier molecular flexibility index (Phi) is 5.71. The highest BCUT2D eigenvalue weighted by Crippen LogP contribution is 2.24. The number of carbonyl (C=O) groups is 1. The summed E-state index contributed by atoms with van der Waals surface area (Å²) in [5.41, 5.74) is 4.72. The van der Waals surface area contributed by atoms with Gasteiger partial charge in [0.25, 0.3) is 0 Å². The van der Waals surface area contributed by atoms with Crippen LogP contribution in [0.3, 0.4) is 0 Å². The predicted molar refractivity (Wildman–Crippen MR) is 96.4 cm³/mol. The fourth-order valence-electron chi connectivity index (χ4n) is 3.32. The number of carbonyl (C=O) groups excluding carboxylic acids is 1. The molecule has 1 aliphatic rings. The molecule has 2 rings (SSSR count).